The monoisotopic (exact) mass is 317 g/mol. The van der Waals surface area contributed by atoms with E-state index in [-0.39, 0.29) is 12.3 Å². The molecule has 1 rings (SSSR count). The summed E-state index contributed by atoms with van der Waals surface area (Å²) >= 11 is 11.6. The number of halogens is 2. The minimum Gasteiger partial charge on any atom is -0.478 e. The lowest BCUT2D eigenvalue weighted by Gasteiger charge is -2.08. The summed E-state index contributed by atoms with van der Waals surface area (Å²) in [5.41, 5.74) is 0. The van der Waals surface area contributed by atoms with Gasteiger partial charge in [-0.05, 0) is 6.07 Å². The van der Waals surface area contributed by atoms with Gasteiger partial charge in [0.15, 0.2) is 0 Å². The third-order valence-electron chi connectivity index (χ3n) is 2.11. The fourth-order valence-electron chi connectivity index (χ4n) is 1.27. The Hall–Kier alpha value is -1.79. The minimum atomic E-state index is -1.08. The van der Waals surface area contributed by atoms with Gasteiger partial charge >= 0.3 is 5.97 Å². The second-order valence-electron chi connectivity index (χ2n) is 3.71. The maximum atomic E-state index is 11.3. The van der Waals surface area contributed by atoms with Crippen molar-refractivity contribution in [1.82, 2.24) is 10.3 Å². The number of carboxylic acid groups (broad SMARTS) is 1. The first-order chi connectivity index (χ1) is 9.49. The number of carboxylic acids is 1. The lowest BCUT2D eigenvalue weighted by Crippen LogP contribution is -2.28. The number of aromatic nitrogens is 1. The van der Waals surface area contributed by atoms with Crippen LogP contribution in [0.3, 0.4) is 0 Å². The number of aliphatic carboxylic acids is 1. The first-order valence-electron chi connectivity index (χ1n) is 5.70. The van der Waals surface area contributed by atoms with Gasteiger partial charge in [-0.25, -0.2) is 9.78 Å². The van der Waals surface area contributed by atoms with Gasteiger partial charge in [-0.2, -0.15) is 0 Å². The van der Waals surface area contributed by atoms with Crippen molar-refractivity contribution in [2.75, 3.05) is 18.4 Å². The molecule has 0 bridgehead atoms. The van der Waals surface area contributed by atoms with E-state index in [1.165, 1.54) is 12.3 Å². The molecule has 108 valence electrons. The number of nitrogens with zero attached hydrogens (tertiary/aromatic N) is 1. The molecule has 0 atom stereocenters. The van der Waals surface area contributed by atoms with Crippen molar-refractivity contribution in [3.8, 4) is 0 Å². The van der Waals surface area contributed by atoms with E-state index in [1.54, 1.807) is 6.07 Å². The predicted octanol–water partition coefficient (Wildman–Crippen LogP) is 1.95. The van der Waals surface area contributed by atoms with Gasteiger partial charge in [0.1, 0.15) is 5.82 Å². The van der Waals surface area contributed by atoms with Gasteiger partial charge in [0.25, 0.3) is 0 Å². The molecule has 1 aromatic rings. The van der Waals surface area contributed by atoms with Crippen LogP contribution in [-0.2, 0) is 9.59 Å². The molecule has 3 N–H and O–H groups in total. The number of nitrogens with one attached hydrogen (secondary N) is 2. The second-order valence-corrected chi connectivity index (χ2v) is 4.55. The quantitative estimate of drug-likeness (QED) is 0.528. The summed E-state index contributed by atoms with van der Waals surface area (Å²) in [5.74, 6) is -0.863. The van der Waals surface area contributed by atoms with Crippen molar-refractivity contribution in [2.45, 2.75) is 6.42 Å². The maximum Gasteiger partial charge on any atom is 0.327 e. The van der Waals surface area contributed by atoms with E-state index in [9.17, 15) is 9.59 Å². The van der Waals surface area contributed by atoms with E-state index < -0.39 is 5.97 Å². The van der Waals surface area contributed by atoms with Crippen molar-refractivity contribution in [1.29, 1.82) is 0 Å². The van der Waals surface area contributed by atoms with Crippen LogP contribution in [0.4, 0.5) is 5.82 Å². The maximum absolute atomic E-state index is 11.3. The highest BCUT2D eigenvalue weighted by atomic mass is 35.5. The van der Waals surface area contributed by atoms with E-state index in [1.807, 2.05) is 0 Å². The topological polar surface area (TPSA) is 91.3 Å². The Kier molecular flexibility index (Phi) is 6.83. The summed E-state index contributed by atoms with van der Waals surface area (Å²) in [5, 5.41) is 14.8. The lowest BCUT2D eigenvalue weighted by molar-refractivity contribution is -0.131. The highest BCUT2D eigenvalue weighted by Crippen LogP contribution is 2.21. The standard InChI is InChI=1S/C12H13Cl2N3O3/c13-8-6-9(14)12(17-7-8)16-5-4-15-10(18)2-1-3-11(19)20/h1,3,6-7H,2,4-5H2,(H,15,18)(H,16,17)(H,19,20)/b3-1+. The van der Waals surface area contributed by atoms with Crippen LogP contribution in [-0.4, -0.2) is 35.1 Å². The Labute approximate surface area is 125 Å². The zero-order valence-electron chi connectivity index (χ0n) is 10.4. The molecule has 0 aliphatic heterocycles. The van der Waals surface area contributed by atoms with Crippen LogP contribution in [0.5, 0.6) is 0 Å². The smallest absolute Gasteiger partial charge is 0.327 e. The van der Waals surface area contributed by atoms with E-state index in [4.69, 9.17) is 28.3 Å². The molecule has 0 fully saturated rings. The molecule has 0 aromatic carbocycles. The third-order valence-corrected chi connectivity index (χ3v) is 2.61. The van der Waals surface area contributed by atoms with E-state index >= 15 is 0 Å². The molecule has 1 heterocycles. The first kappa shape index (κ1) is 16.3. The molecule has 0 radical (unpaired) electrons. The molecule has 20 heavy (non-hydrogen) atoms. The van der Waals surface area contributed by atoms with Gasteiger partial charge in [0.05, 0.1) is 10.0 Å². The average molecular weight is 318 g/mol. The molecule has 0 aliphatic rings. The SMILES string of the molecule is O=C(O)/C=C/CC(=O)NCCNc1ncc(Cl)cc1Cl. The predicted molar refractivity (Wildman–Crippen MR) is 77.1 cm³/mol. The molecule has 0 saturated carbocycles. The lowest BCUT2D eigenvalue weighted by atomic mass is 10.3. The van der Waals surface area contributed by atoms with Crippen molar-refractivity contribution in [2.24, 2.45) is 0 Å². The summed E-state index contributed by atoms with van der Waals surface area (Å²) in [4.78, 5) is 25.5. The van der Waals surface area contributed by atoms with Crippen LogP contribution in [0.25, 0.3) is 0 Å². The molecule has 8 heteroatoms. The van der Waals surface area contributed by atoms with Crippen LogP contribution < -0.4 is 10.6 Å². The summed E-state index contributed by atoms with van der Waals surface area (Å²) in [6.07, 6.45) is 3.69. The molecule has 0 saturated heterocycles. The average Bonchev–Trinajstić information content (AvgIpc) is 2.36. The highest BCUT2D eigenvalue weighted by molar-refractivity contribution is 6.35. The van der Waals surface area contributed by atoms with Gasteiger partial charge in [-0.3, -0.25) is 4.79 Å². The Bertz CT molecular complexity index is 521. The van der Waals surface area contributed by atoms with E-state index in [2.05, 4.69) is 15.6 Å². The van der Waals surface area contributed by atoms with Crippen molar-refractivity contribution >= 4 is 40.9 Å². The second kappa shape index (κ2) is 8.39. The summed E-state index contributed by atoms with van der Waals surface area (Å²) in [6.45, 7) is 0.795. The fourth-order valence-corrected chi connectivity index (χ4v) is 1.71. The van der Waals surface area contributed by atoms with Gasteiger partial charge < -0.3 is 15.7 Å². The number of anilines is 1. The normalized spacial score (nSPS) is 10.5. The van der Waals surface area contributed by atoms with Crippen molar-refractivity contribution in [3.63, 3.8) is 0 Å². The largest absolute Gasteiger partial charge is 0.478 e. The van der Waals surface area contributed by atoms with Crippen molar-refractivity contribution < 1.29 is 14.7 Å². The number of rotatable bonds is 7. The molecule has 1 amide bonds. The Morgan fingerprint density at radius 1 is 1.35 bits per heavy atom. The van der Waals surface area contributed by atoms with Gasteiger partial charge in [-0.15, -0.1) is 0 Å². The van der Waals surface area contributed by atoms with Crippen LogP contribution in [0.1, 0.15) is 6.42 Å². The van der Waals surface area contributed by atoms with Gasteiger partial charge in [0, 0.05) is 31.8 Å². The first-order valence-corrected chi connectivity index (χ1v) is 6.45. The zero-order chi connectivity index (χ0) is 15.0. The number of hydrogen-bond acceptors (Lipinski definition) is 4. The zero-order valence-corrected chi connectivity index (χ0v) is 11.9. The number of amides is 1. The van der Waals surface area contributed by atoms with E-state index in [0.717, 1.165) is 6.08 Å². The summed E-state index contributed by atoms with van der Waals surface area (Å²) < 4.78 is 0. The Morgan fingerprint density at radius 3 is 2.75 bits per heavy atom. The Balaban J connectivity index is 2.24. The van der Waals surface area contributed by atoms with Crippen molar-refractivity contribution in [3.05, 3.63) is 34.5 Å². The van der Waals surface area contributed by atoms with E-state index in [0.29, 0.717) is 29.0 Å². The van der Waals surface area contributed by atoms with Crippen LogP contribution in [0.2, 0.25) is 10.0 Å². The summed E-state index contributed by atoms with van der Waals surface area (Å²) in [6, 6.07) is 1.56. The number of hydrogen-bond donors (Lipinski definition) is 3. The third kappa shape index (κ3) is 6.40. The van der Waals surface area contributed by atoms with Gasteiger partial charge in [0.2, 0.25) is 5.91 Å². The minimum absolute atomic E-state index is 0.0201. The molecular weight excluding hydrogens is 305 g/mol. The highest BCUT2D eigenvalue weighted by Gasteiger charge is 2.02. The molecular formula is C12H13Cl2N3O3. The van der Waals surface area contributed by atoms with Gasteiger partial charge in [-0.1, -0.05) is 29.3 Å². The van der Waals surface area contributed by atoms with Crippen LogP contribution in [0, 0.1) is 0 Å². The molecule has 0 unspecified atom stereocenters. The van der Waals surface area contributed by atoms with Crippen LogP contribution >= 0.6 is 23.2 Å². The molecule has 1 aromatic heterocycles. The number of pyridine rings is 1. The Morgan fingerprint density at radius 2 is 2.10 bits per heavy atom. The fraction of sp³-hybridized carbons (Fsp3) is 0.250. The molecule has 0 aliphatic carbocycles. The number of carbonyl (C=O) groups is 2. The molecule has 6 nitrogen and oxygen atoms in total. The van der Waals surface area contributed by atoms with Crippen LogP contribution in [0.15, 0.2) is 24.4 Å². The molecule has 0 spiro atoms. The summed E-state index contributed by atoms with van der Waals surface area (Å²) in [7, 11) is 0. The number of carbonyl (C=O) groups excluding carboxylic acids is 1.